The van der Waals surface area contributed by atoms with Gasteiger partial charge in [0.25, 0.3) is 0 Å². The first-order valence-electron chi connectivity index (χ1n) is 7.23. The minimum atomic E-state index is -2.03. The summed E-state index contributed by atoms with van der Waals surface area (Å²) in [5, 5.41) is 0. The molecule has 1 atom stereocenters. The van der Waals surface area contributed by atoms with Crippen molar-refractivity contribution < 1.29 is 8.54 Å². The second-order valence-electron chi connectivity index (χ2n) is 7.23. The molecule has 1 saturated heterocycles. The summed E-state index contributed by atoms with van der Waals surface area (Å²) in [7, 11) is -4.36. The van der Waals surface area contributed by atoms with Crippen LogP contribution in [-0.2, 0) is 8.54 Å². The van der Waals surface area contributed by atoms with Crippen molar-refractivity contribution in [3.8, 4) is 0 Å². The molecule has 108 valence electrons. The normalized spacial score (nSPS) is 32.0. The molecule has 0 bridgehead atoms. The maximum atomic E-state index is 6.55. The van der Waals surface area contributed by atoms with E-state index in [4.69, 9.17) is 8.54 Å². The highest BCUT2D eigenvalue weighted by molar-refractivity contribution is 7.50. The predicted molar refractivity (Wildman–Crippen MR) is 90.0 cm³/mol. The molecule has 0 aromatic carbocycles. The third-order valence-electron chi connectivity index (χ3n) is 3.13. The largest absolute Gasteiger partial charge is 0.431 e. The zero-order valence-electron chi connectivity index (χ0n) is 13.2. The lowest BCUT2D eigenvalue weighted by molar-refractivity contribution is 0.0886. The molecule has 18 heavy (non-hydrogen) atoms. The van der Waals surface area contributed by atoms with Crippen LogP contribution in [0.2, 0.25) is 32.2 Å². The molecule has 0 aromatic rings. The Labute approximate surface area is 119 Å². The van der Waals surface area contributed by atoms with E-state index in [9.17, 15) is 0 Å². The summed E-state index contributed by atoms with van der Waals surface area (Å²) in [4.78, 5) is 3.75. The van der Waals surface area contributed by atoms with E-state index >= 15 is 0 Å². The van der Waals surface area contributed by atoms with Crippen molar-refractivity contribution in [2.45, 2.75) is 65.0 Å². The molecule has 0 spiro atoms. The van der Waals surface area contributed by atoms with E-state index in [1.165, 1.54) is 6.04 Å². The van der Waals surface area contributed by atoms with Crippen molar-refractivity contribution in [1.29, 1.82) is 0 Å². The van der Waals surface area contributed by atoms with Crippen molar-refractivity contribution >= 4 is 33.4 Å². The molecular weight excluding hydrogens is 290 g/mol. The van der Waals surface area contributed by atoms with Crippen LogP contribution in [-0.4, -0.2) is 45.6 Å². The minimum Gasteiger partial charge on any atom is -0.431 e. The second kappa shape index (κ2) is 6.02. The highest BCUT2D eigenvalue weighted by atomic mass is 29.6. The fourth-order valence-corrected chi connectivity index (χ4v) is 41.4. The predicted octanol–water partition coefficient (Wildman–Crippen LogP) is 1.60. The lowest BCUT2D eigenvalue weighted by Crippen LogP contribution is -2.75. The van der Waals surface area contributed by atoms with Crippen molar-refractivity contribution in [1.82, 2.24) is 4.98 Å². The first-order valence-corrected chi connectivity index (χ1v) is 19.7. The van der Waals surface area contributed by atoms with E-state index in [1.807, 2.05) is 0 Å². The topological polar surface area (TPSA) is 30.5 Å². The standard InChI is InChI=1S/C11H31NO2Si4/c1-8-9-12-18(14-16(4)5)13-11(2,3)10-17(6,7)15-18/h12,16H,8-10,15H2,1-7H3. The van der Waals surface area contributed by atoms with Gasteiger partial charge in [-0.25, -0.2) is 0 Å². The average Bonchev–Trinajstić information content (AvgIpc) is 2.07. The zero-order valence-corrected chi connectivity index (χ0v) is 17.8. The van der Waals surface area contributed by atoms with Gasteiger partial charge in [-0.15, -0.1) is 0 Å². The zero-order chi connectivity index (χ0) is 14.0. The first kappa shape index (κ1) is 16.8. The molecule has 0 amide bonds. The van der Waals surface area contributed by atoms with Crippen LogP contribution in [0.4, 0.5) is 0 Å². The van der Waals surface area contributed by atoms with E-state index in [2.05, 4.69) is 51.9 Å². The summed E-state index contributed by atoms with van der Waals surface area (Å²) in [6.07, 6.45) is 1.16. The van der Waals surface area contributed by atoms with Crippen LogP contribution in [0, 0.1) is 0 Å². The van der Waals surface area contributed by atoms with Crippen LogP contribution in [0.25, 0.3) is 0 Å². The first-order chi connectivity index (χ1) is 8.10. The summed E-state index contributed by atoms with van der Waals surface area (Å²) in [6, 6.07) is 1.30. The number of hydrogen-bond donors (Lipinski definition) is 1. The monoisotopic (exact) mass is 321 g/mol. The lowest BCUT2D eigenvalue weighted by Gasteiger charge is -2.49. The van der Waals surface area contributed by atoms with Gasteiger partial charge in [-0.05, 0) is 46.0 Å². The molecule has 0 radical (unpaired) electrons. The van der Waals surface area contributed by atoms with Gasteiger partial charge in [0.15, 0.2) is 9.04 Å². The lowest BCUT2D eigenvalue weighted by atomic mass is 10.2. The molecule has 1 aliphatic heterocycles. The fourth-order valence-electron chi connectivity index (χ4n) is 3.27. The van der Waals surface area contributed by atoms with Crippen LogP contribution in [0.1, 0.15) is 27.2 Å². The third-order valence-corrected chi connectivity index (χ3v) is 31.9. The van der Waals surface area contributed by atoms with Gasteiger partial charge in [0.1, 0.15) is 0 Å². The van der Waals surface area contributed by atoms with Gasteiger partial charge in [-0.2, -0.15) is 0 Å². The van der Waals surface area contributed by atoms with Crippen LogP contribution in [0.5, 0.6) is 0 Å². The maximum Gasteiger partial charge on any atom is 0.377 e. The molecule has 1 fully saturated rings. The second-order valence-corrected chi connectivity index (χ2v) is 30.1. The van der Waals surface area contributed by atoms with Crippen LogP contribution in [0.15, 0.2) is 0 Å². The Morgan fingerprint density at radius 2 is 2.00 bits per heavy atom. The third kappa shape index (κ3) is 5.03. The molecule has 1 aliphatic rings. The number of nitrogens with one attached hydrogen (secondary N) is 1. The SMILES string of the molecule is CCCN[Si]1(O[SiH](C)C)OC(C)(C)C[Si](C)(C)[SiH2]1. The van der Waals surface area contributed by atoms with E-state index in [-0.39, 0.29) is 14.2 Å². The van der Waals surface area contributed by atoms with E-state index < -0.39 is 24.9 Å². The van der Waals surface area contributed by atoms with Gasteiger partial charge in [-0.3, -0.25) is 4.98 Å². The van der Waals surface area contributed by atoms with Gasteiger partial charge in [0.2, 0.25) is 0 Å². The summed E-state index contributed by atoms with van der Waals surface area (Å²) in [6.45, 7) is 17.4. The Morgan fingerprint density at radius 3 is 2.44 bits per heavy atom. The molecule has 1 heterocycles. The van der Waals surface area contributed by atoms with Crippen molar-refractivity contribution in [3.05, 3.63) is 0 Å². The number of rotatable bonds is 5. The molecule has 0 saturated carbocycles. The molecule has 3 nitrogen and oxygen atoms in total. The van der Waals surface area contributed by atoms with Crippen molar-refractivity contribution in [2.24, 2.45) is 0 Å². The van der Waals surface area contributed by atoms with Gasteiger partial charge in [0.05, 0.1) is 14.2 Å². The molecule has 7 heteroatoms. The molecule has 0 aromatic heterocycles. The summed E-state index contributed by atoms with van der Waals surface area (Å²) < 4.78 is 13.0. The minimum absolute atomic E-state index is 0.0250. The molecule has 1 unspecified atom stereocenters. The Hall–Kier alpha value is 0.748. The van der Waals surface area contributed by atoms with Crippen LogP contribution >= 0.6 is 0 Å². The van der Waals surface area contributed by atoms with Gasteiger partial charge < -0.3 is 8.54 Å². The molecular formula is C11H31NO2Si4. The Balaban J connectivity index is 2.92. The highest BCUT2D eigenvalue weighted by Gasteiger charge is 2.53. The Bertz CT molecular complexity index is 268. The summed E-state index contributed by atoms with van der Waals surface area (Å²) in [5.41, 5.74) is 0.0250. The molecule has 1 N–H and O–H groups in total. The van der Waals surface area contributed by atoms with Crippen molar-refractivity contribution in [2.75, 3.05) is 6.54 Å². The van der Waals surface area contributed by atoms with Gasteiger partial charge in [0, 0.05) is 7.59 Å². The molecule has 1 rings (SSSR count). The quantitative estimate of drug-likeness (QED) is 0.780. The number of hydrogen-bond acceptors (Lipinski definition) is 3. The summed E-state index contributed by atoms with van der Waals surface area (Å²) in [5.74, 6) is 0. The van der Waals surface area contributed by atoms with Crippen molar-refractivity contribution in [3.63, 3.8) is 0 Å². The van der Waals surface area contributed by atoms with E-state index in [0.29, 0.717) is 0 Å². The Morgan fingerprint density at radius 1 is 1.39 bits per heavy atom. The van der Waals surface area contributed by atoms with Gasteiger partial charge in [-0.1, -0.05) is 20.0 Å². The highest BCUT2D eigenvalue weighted by Crippen LogP contribution is 2.33. The van der Waals surface area contributed by atoms with E-state index in [1.54, 1.807) is 0 Å². The maximum absolute atomic E-state index is 6.55. The smallest absolute Gasteiger partial charge is 0.377 e. The fraction of sp³-hybridized carbons (Fsp3) is 1.00. The van der Waals surface area contributed by atoms with E-state index in [0.717, 1.165) is 13.0 Å². The average molecular weight is 322 g/mol. The summed E-state index contributed by atoms with van der Waals surface area (Å²) >= 11 is 0. The molecule has 0 aliphatic carbocycles. The van der Waals surface area contributed by atoms with Crippen LogP contribution < -0.4 is 4.98 Å². The Kier molecular flexibility index (Phi) is 5.62. The van der Waals surface area contributed by atoms with Crippen LogP contribution in [0.3, 0.4) is 0 Å². The van der Waals surface area contributed by atoms with Gasteiger partial charge >= 0.3 is 8.24 Å².